The first kappa shape index (κ1) is 30.6. The molecule has 0 radical (unpaired) electrons. The maximum Gasteiger partial charge on any atom is 0.164 e. The zero-order chi connectivity index (χ0) is 34.4. The molecule has 242 valence electrons. The Morgan fingerprint density at radius 1 is 0.294 bits per heavy atom. The summed E-state index contributed by atoms with van der Waals surface area (Å²) >= 11 is 0. The first-order valence-corrected chi connectivity index (χ1v) is 17.4. The number of rotatable bonds is 6. The van der Waals surface area contributed by atoms with Gasteiger partial charge in [0, 0.05) is 22.1 Å². The molecule has 0 N–H and O–H groups in total. The summed E-state index contributed by atoms with van der Waals surface area (Å²) < 4.78 is 0. The minimum absolute atomic E-state index is 0.00454. The molecule has 3 heteroatoms. The molecule has 0 unspecified atom stereocenters. The lowest BCUT2D eigenvalue weighted by Gasteiger charge is -2.21. The average Bonchev–Trinajstić information content (AvgIpc) is 3.44. The molecule has 9 rings (SSSR count). The summed E-state index contributed by atoms with van der Waals surface area (Å²) in [7, 11) is 0. The van der Waals surface area contributed by atoms with Gasteiger partial charge in [-0.3, -0.25) is 0 Å². The van der Waals surface area contributed by atoms with Gasteiger partial charge in [0.2, 0.25) is 0 Å². The molecule has 8 aromatic rings. The van der Waals surface area contributed by atoms with Gasteiger partial charge in [-0.1, -0.05) is 178 Å². The van der Waals surface area contributed by atoms with Crippen molar-refractivity contribution in [1.29, 1.82) is 0 Å². The zero-order valence-corrected chi connectivity index (χ0v) is 28.6. The molecule has 0 atom stereocenters. The quantitative estimate of drug-likeness (QED) is 0.179. The Labute approximate surface area is 299 Å². The van der Waals surface area contributed by atoms with Crippen molar-refractivity contribution in [3.05, 3.63) is 187 Å². The molecule has 3 nitrogen and oxygen atoms in total. The average molecular weight is 654 g/mol. The van der Waals surface area contributed by atoms with E-state index >= 15 is 0 Å². The predicted octanol–water partition coefficient (Wildman–Crippen LogP) is 12.2. The Balaban J connectivity index is 1.15. The van der Waals surface area contributed by atoms with E-state index in [0.717, 1.165) is 38.9 Å². The first-order valence-electron chi connectivity index (χ1n) is 17.4. The van der Waals surface area contributed by atoms with Crippen molar-refractivity contribution < 1.29 is 0 Å². The third kappa shape index (κ3) is 5.53. The van der Waals surface area contributed by atoms with Crippen LogP contribution in [0.3, 0.4) is 0 Å². The molecule has 0 amide bonds. The van der Waals surface area contributed by atoms with Crippen LogP contribution >= 0.6 is 0 Å². The molecule has 0 spiro atoms. The van der Waals surface area contributed by atoms with E-state index in [2.05, 4.69) is 129 Å². The number of nitrogens with zero attached hydrogens (tertiary/aromatic N) is 3. The highest BCUT2D eigenvalue weighted by Crippen LogP contribution is 2.49. The smallest absolute Gasteiger partial charge is 0.164 e. The minimum Gasteiger partial charge on any atom is -0.208 e. The van der Waals surface area contributed by atoms with Gasteiger partial charge in [-0.25, -0.2) is 15.0 Å². The molecule has 0 aliphatic heterocycles. The zero-order valence-electron chi connectivity index (χ0n) is 28.6. The highest BCUT2D eigenvalue weighted by molar-refractivity contribution is 5.88. The van der Waals surface area contributed by atoms with Gasteiger partial charge in [-0.15, -0.1) is 0 Å². The summed E-state index contributed by atoms with van der Waals surface area (Å²) in [6.45, 7) is 4.65. The van der Waals surface area contributed by atoms with Gasteiger partial charge in [-0.2, -0.15) is 0 Å². The number of aromatic nitrogens is 3. The summed E-state index contributed by atoms with van der Waals surface area (Å²) in [5, 5.41) is 0. The third-order valence-electron chi connectivity index (χ3n) is 10.2. The van der Waals surface area contributed by atoms with Crippen LogP contribution in [0.25, 0.3) is 78.7 Å². The molecular weight excluding hydrogens is 619 g/mol. The largest absolute Gasteiger partial charge is 0.208 e. The van der Waals surface area contributed by atoms with Crippen molar-refractivity contribution >= 4 is 0 Å². The van der Waals surface area contributed by atoms with Crippen LogP contribution in [0.15, 0.2) is 176 Å². The summed E-state index contributed by atoms with van der Waals surface area (Å²) in [5.74, 6) is 1.94. The number of hydrogen-bond donors (Lipinski definition) is 0. The second-order valence-electron chi connectivity index (χ2n) is 13.7. The van der Waals surface area contributed by atoms with Crippen molar-refractivity contribution in [2.75, 3.05) is 0 Å². The Kier molecular flexibility index (Phi) is 7.48. The van der Waals surface area contributed by atoms with Crippen molar-refractivity contribution in [2.24, 2.45) is 0 Å². The maximum absolute atomic E-state index is 5.02. The van der Waals surface area contributed by atoms with Gasteiger partial charge in [0.05, 0.1) is 0 Å². The lowest BCUT2D eigenvalue weighted by Crippen LogP contribution is -2.14. The number of fused-ring (bicyclic) bond motifs is 3. The van der Waals surface area contributed by atoms with E-state index in [1.54, 1.807) is 0 Å². The summed E-state index contributed by atoms with van der Waals surface area (Å²) in [6, 6.07) is 62.1. The molecule has 0 saturated carbocycles. The predicted molar refractivity (Wildman–Crippen MR) is 210 cm³/mol. The summed E-state index contributed by atoms with van der Waals surface area (Å²) in [6.07, 6.45) is 0. The van der Waals surface area contributed by atoms with E-state index in [-0.39, 0.29) is 5.41 Å². The Morgan fingerprint density at radius 3 is 1.35 bits per heavy atom. The van der Waals surface area contributed by atoms with Crippen LogP contribution in [0, 0.1) is 0 Å². The summed E-state index contributed by atoms with van der Waals surface area (Å²) in [5.41, 5.74) is 15.3. The second kappa shape index (κ2) is 12.5. The van der Waals surface area contributed by atoms with Crippen LogP contribution in [-0.4, -0.2) is 15.0 Å². The minimum atomic E-state index is -0.00454. The fraction of sp³-hybridized carbons (Fsp3) is 0.0625. The normalized spacial score (nSPS) is 12.7. The first-order chi connectivity index (χ1) is 25.0. The van der Waals surface area contributed by atoms with Crippen LogP contribution in [0.1, 0.15) is 25.0 Å². The van der Waals surface area contributed by atoms with E-state index in [1.807, 2.05) is 60.7 Å². The van der Waals surface area contributed by atoms with E-state index in [9.17, 15) is 0 Å². The SMILES string of the molecule is CC1(C)c2ccccc2-c2cc(-c3ccc(-c4cc(-c5nc(-c6ccccc6)nc(-c6ccccc6)n5)ccc4-c4ccccc4)cc3)ccc21. The van der Waals surface area contributed by atoms with E-state index in [1.165, 1.54) is 33.4 Å². The molecule has 51 heavy (non-hydrogen) atoms. The van der Waals surface area contributed by atoms with Crippen molar-refractivity contribution in [1.82, 2.24) is 15.0 Å². The second-order valence-corrected chi connectivity index (χ2v) is 13.7. The standard InChI is InChI=1S/C48H35N3/c1-48(2)43-21-13-12-20-40(43)42-30-37(27-29-44(42)48)32-22-24-34(25-23-32)41-31-38(26-28-39(41)33-14-6-3-7-15-33)47-50-45(35-16-8-4-9-17-35)49-46(51-47)36-18-10-5-11-19-36/h3-31H,1-2H3. The third-order valence-corrected chi connectivity index (χ3v) is 10.2. The van der Waals surface area contributed by atoms with Crippen LogP contribution in [0.4, 0.5) is 0 Å². The van der Waals surface area contributed by atoms with Crippen LogP contribution in [0.5, 0.6) is 0 Å². The van der Waals surface area contributed by atoms with Gasteiger partial charge in [-0.05, 0) is 67.8 Å². The van der Waals surface area contributed by atoms with Crippen LogP contribution in [-0.2, 0) is 5.41 Å². The van der Waals surface area contributed by atoms with Crippen molar-refractivity contribution in [3.63, 3.8) is 0 Å². The van der Waals surface area contributed by atoms with E-state index < -0.39 is 0 Å². The molecule has 1 aromatic heterocycles. The molecule has 1 aliphatic rings. The molecule has 1 aliphatic carbocycles. The molecule has 0 bridgehead atoms. The lowest BCUT2D eigenvalue weighted by molar-refractivity contribution is 0.660. The lowest BCUT2D eigenvalue weighted by atomic mass is 9.82. The van der Waals surface area contributed by atoms with Gasteiger partial charge in [0.1, 0.15) is 0 Å². The Bertz CT molecular complexity index is 2460. The molecule has 7 aromatic carbocycles. The fourth-order valence-electron chi connectivity index (χ4n) is 7.47. The topological polar surface area (TPSA) is 38.7 Å². The highest BCUT2D eigenvalue weighted by Gasteiger charge is 2.35. The number of benzene rings is 7. The molecule has 0 saturated heterocycles. The van der Waals surface area contributed by atoms with Gasteiger partial charge >= 0.3 is 0 Å². The van der Waals surface area contributed by atoms with E-state index in [4.69, 9.17) is 15.0 Å². The van der Waals surface area contributed by atoms with Crippen molar-refractivity contribution in [2.45, 2.75) is 19.3 Å². The maximum atomic E-state index is 5.02. The van der Waals surface area contributed by atoms with Gasteiger partial charge in [0.15, 0.2) is 17.5 Å². The van der Waals surface area contributed by atoms with Gasteiger partial charge in [0.25, 0.3) is 0 Å². The molecular formula is C48H35N3. The Morgan fingerprint density at radius 2 is 0.725 bits per heavy atom. The monoisotopic (exact) mass is 653 g/mol. The Hall–Kier alpha value is -6.45. The molecule has 0 fully saturated rings. The highest BCUT2D eigenvalue weighted by atomic mass is 15.0. The van der Waals surface area contributed by atoms with Crippen LogP contribution < -0.4 is 0 Å². The molecule has 1 heterocycles. The van der Waals surface area contributed by atoms with E-state index in [0.29, 0.717) is 17.5 Å². The fourth-order valence-corrected chi connectivity index (χ4v) is 7.47. The van der Waals surface area contributed by atoms with Crippen LogP contribution in [0.2, 0.25) is 0 Å². The van der Waals surface area contributed by atoms with Gasteiger partial charge < -0.3 is 0 Å². The number of hydrogen-bond acceptors (Lipinski definition) is 3. The van der Waals surface area contributed by atoms with Crippen molar-refractivity contribution in [3.8, 4) is 78.7 Å². The summed E-state index contributed by atoms with van der Waals surface area (Å²) in [4.78, 5) is 14.9.